The molecule has 1 heterocycles. The van der Waals surface area contributed by atoms with Crippen molar-refractivity contribution in [2.24, 2.45) is 0 Å². The smallest absolute Gasteiger partial charge is 0.299 e. The summed E-state index contributed by atoms with van der Waals surface area (Å²) in [5, 5.41) is 8.74. The number of ether oxygens (including phenoxy) is 1. The van der Waals surface area contributed by atoms with Crippen molar-refractivity contribution in [2.45, 2.75) is 43.2 Å². The van der Waals surface area contributed by atoms with Crippen molar-refractivity contribution in [1.29, 1.82) is 0 Å². The molecule has 1 saturated heterocycles. The Morgan fingerprint density at radius 3 is 1.85 bits per heavy atom. The van der Waals surface area contributed by atoms with E-state index in [1.165, 1.54) is 4.31 Å². The van der Waals surface area contributed by atoms with Crippen LogP contribution in [0.4, 0.5) is 0 Å². The lowest BCUT2D eigenvalue weighted by Gasteiger charge is -2.50. The van der Waals surface area contributed by atoms with Gasteiger partial charge in [-0.25, -0.2) is 5.48 Å². The molecule has 2 N–H and O–H groups in total. The van der Waals surface area contributed by atoms with E-state index in [4.69, 9.17) is 20.6 Å². The van der Waals surface area contributed by atoms with Gasteiger partial charge < -0.3 is 9.94 Å². The van der Waals surface area contributed by atoms with Gasteiger partial charge in [-0.05, 0) is 29.5 Å². The van der Waals surface area contributed by atoms with Crippen molar-refractivity contribution >= 4 is 29.2 Å². The van der Waals surface area contributed by atoms with Gasteiger partial charge in [0, 0.05) is 43.4 Å². The number of benzene rings is 3. The normalized spacial score (nSPS) is 18.7. The molecule has 10 heteroatoms. The number of halogens is 1. The number of rotatable bonds is 14. The van der Waals surface area contributed by atoms with Crippen molar-refractivity contribution in [3.63, 3.8) is 0 Å². The van der Waals surface area contributed by atoms with E-state index < -0.39 is 14.8 Å². The molecule has 1 aliphatic rings. The molecule has 3 atom stereocenters. The monoisotopic (exact) mass is 603 g/mol. The highest BCUT2D eigenvalue weighted by Gasteiger charge is 2.45. The molecular formula is C30H39ClN3O4PS. The van der Waals surface area contributed by atoms with Gasteiger partial charge in [-0.15, -0.1) is 9.24 Å². The molecule has 3 aromatic carbocycles. The molecule has 3 unspecified atom stereocenters. The quantitative estimate of drug-likeness (QED) is 0.0866. The second kappa shape index (κ2) is 14.9. The van der Waals surface area contributed by atoms with Crippen LogP contribution in [0.25, 0.3) is 0 Å². The fourth-order valence-corrected chi connectivity index (χ4v) is 7.24. The average Bonchev–Trinajstić information content (AvgIpc) is 2.96. The van der Waals surface area contributed by atoms with Gasteiger partial charge in [0.05, 0.1) is 17.5 Å². The van der Waals surface area contributed by atoms with Crippen LogP contribution in [0.15, 0.2) is 91.0 Å². The van der Waals surface area contributed by atoms with E-state index in [-0.39, 0.29) is 18.5 Å². The summed E-state index contributed by atoms with van der Waals surface area (Å²) < 4.78 is 32.8. The van der Waals surface area contributed by atoms with Crippen molar-refractivity contribution in [3.05, 3.63) is 108 Å². The lowest BCUT2D eigenvalue weighted by Crippen LogP contribution is -2.58. The number of nitrogens with one attached hydrogen (secondary N) is 1. The van der Waals surface area contributed by atoms with E-state index in [0.717, 1.165) is 36.0 Å². The minimum atomic E-state index is -3.94. The van der Waals surface area contributed by atoms with E-state index >= 15 is 0 Å². The van der Waals surface area contributed by atoms with Crippen LogP contribution in [0.3, 0.4) is 0 Å². The number of hydrogen-bond acceptors (Lipinski definition) is 6. The van der Waals surface area contributed by atoms with Gasteiger partial charge >= 0.3 is 0 Å². The first-order valence-electron chi connectivity index (χ1n) is 13.7. The van der Waals surface area contributed by atoms with Crippen molar-refractivity contribution in [1.82, 2.24) is 14.7 Å². The number of unbranched alkanes of at least 4 members (excludes halogenated alkanes) is 3. The molecule has 1 fully saturated rings. The van der Waals surface area contributed by atoms with Crippen LogP contribution in [-0.2, 0) is 19.5 Å². The molecule has 4 rings (SSSR count). The SMILES string of the molecule is O=S(=O)(Cl)N(CCCCCCNO)CC1CN(C(c2ccccc2)(c2ccccc2)c2ccccc2)CC(P)O1. The van der Waals surface area contributed by atoms with Crippen LogP contribution in [0.2, 0.25) is 0 Å². The van der Waals surface area contributed by atoms with Gasteiger partial charge in [0.15, 0.2) is 0 Å². The highest BCUT2D eigenvalue weighted by molar-refractivity contribution is 8.11. The maximum Gasteiger partial charge on any atom is 0.299 e. The standard InChI is InChI=1S/C30H39ClN3O4PS/c31-40(36,37)34(21-13-2-1-12-20-32-35)23-28-22-33(24-29(39)38-28)30(25-14-6-3-7-15-25,26-16-8-4-9-17-26)27-18-10-5-11-19-27/h3-11,14-19,28-29,32,35H,1-2,12-13,20-24,39H2. The van der Waals surface area contributed by atoms with E-state index in [9.17, 15) is 8.42 Å². The van der Waals surface area contributed by atoms with Crippen LogP contribution >= 0.6 is 19.9 Å². The van der Waals surface area contributed by atoms with Crippen LogP contribution in [0.1, 0.15) is 42.4 Å². The van der Waals surface area contributed by atoms with E-state index in [1.54, 1.807) is 0 Å². The molecule has 0 amide bonds. The van der Waals surface area contributed by atoms with Crippen molar-refractivity contribution in [2.75, 3.05) is 32.7 Å². The van der Waals surface area contributed by atoms with Crippen LogP contribution in [0, 0.1) is 0 Å². The predicted molar refractivity (Wildman–Crippen MR) is 164 cm³/mol. The lowest BCUT2D eigenvalue weighted by atomic mass is 9.75. The van der Waals surface area contributed by atoms with Crippen molar-refractivity contribution < 1.29 is 18.4 Å². The molecule has 1 aliphatic heterocycles. The van der Waals surface area contributed by atoms with E-state index in [0.29, 0.717) is 32.6 Å². The highest BCUT2D eigenvalue weighted by atomic mass is 35.7. The first-order chi connectivity index (χ1) is 19.4. The van der Waals surface area contributed by atoms with Crippen LogP contribution in [0.5, 0.6) is 0 Å². The summed E-state index contributed by atoms with van der Waals surface area (Å²) in [5.74, 6) is -0.208. The Kier molecular flexibility index (Phi) is 11.5. The van der Waals surface area contributed by atoms with Gasteiger partial charge in [-0.3, -0.25) is 4.90 Å². The number of morpholine rings is 1. The fraction of sp³-hybridized carbons (Fsp3) is 0.400. The van der Waals surface area contributed by atoms with Crippen molar-refractivity contribution in [3.8, 4) is 0 Å². The minimum absolute atomic E-state index is 0.167. The number of hydroxylamine groups is 1. The number of nitrogens with zero attached hydrogens (tertiary/aromatic N) is 2. The summed E-state index contributed by atoms with van der Waals surface area (Å²) in [5.41, 5.74) is 4.92. The summed E-state index contributed by atoms with van der Waals surface area (Å²) in [7, 11) is 4.76. The zero-order chi connectivity index (χ0) is 28.4. The molecule has 0 spiro atoms. The topological polar surface area (TPSA) is 82.1 Å². The summed E-state index contributed by atoms with van der Waals surface area (Å²) >= 11 is 0. The second-order valence-corrected chi connectivity index (χ2v) is 13.4. The third-order valence-corrected chi connectivity index (χ3v) is 9.30. The van der Waals surface area contributed by atoms with E-state index in [2.05, 4.69) is 92.4 Å². The van der Waals surface area contributed by atoms with Crippen LogP contribution in [-0.4, -0.2) is 67.5 Å². The average molecular weight is 604 g/mol. The summed E-state index contributed by atoms with van der Waals surface area (Å²) in [4.78, 5) is 2.42. The Bertz CT molecular complexity index is 1180. The first kappa shape index (κ1) is 31.1. The van der Waals surface area contributed by atoms with Gasteiger partial charge in [0.2, 0.25) is 0 Å². The van der Waals surface area contributed by atoms with Gasteiger partial charge in [0.25, 0.3) is 9.24 Å². The molecule has 0 aliphatic carbocycles. The summed E-state index contributed by atoms with van der Waals surface area (Å²) in [6.07, 6.45) is 2.84. The summed E-state index contributed by atoms with van der Waals surface area (Å²) in [6, 6.07) is 31.4. The molecule has 40 heavy (non-hydrogen) atoms. The minimum Gasteiger partial charge on any atom is -0.367 e. The molecular weight excluding hydrogens is 565 g/mol. The lowest BCUT2D eigenvalue weighted by molar-refractivity contribution is -0.0741. The van der Waals surface area contributed by atoms with Crippen LogP contribution < -0.4 is 5.48 Å². The largest absolute Gasteiger partial charge is 0.367 e. The third-order valence-electron chi connectivity index (χ3n) is 7.40. The Balaban J connectivity index is 1.67. The van der Waals surface area contributed by atoms with Gasteiger partial charge in [-0.2, -0.15) is 12.7 Å². The Morgan fingerprint density at radius 1 is 0.875 bits per heavy atom. The Hall–Kier alpha value is -1.87. The molecule has 0 aromatic heterocycles. The third kappa shape index (κ3) is 7.69. The highest BCUT2D eigenvalue weighted by Crippen LogP contribution is 2.44. The Labute approximate surface area is 245 Å². The predicted octanol–water partition coefficient (Wildman–Crippen LogP) is 5.21. The maximum atomic E-state index is 12.6. The molecule has 0 radical (unpaired) electrons. The molecule has 7 nitrogen and oxygen atoms in total. The summed E-state index contributed by atoms with van der Waals surface area (Å²) in [6.45, 7) is 2.15. The molecule has 3 aromatic rings. The zero-order valence-electron chi connectivity index (χ0n) is 22.6. The number of hydrogen-bond donors (Lipinski definition) is 2. The Morgan fingerprint density at radius 2 is 1.38 bits per heavy atom. The second-order valence-electron chi connectivity index (χ2n) is 10.1. The van der Waals surface area contributed by atoms with E-state index in [1.807, 2.05) is 18.2 Å². The maximum absolute atomic E-state index is 12.6. The van der Waals surface area contributed by atoms with Gasteiger partial charge in [-0.1, -0.05) is 104 Å². The molecule has 216 valence electrons. The first-order valence-corrected chi connectivity index (χ1v) is 16.7. The molecule has 0 saturated carbocycles. The zero-order valence-corrected chi connectivity index (χ0v) is 25.3. The fourth-order valence-electron chi connectivity index (χ4n) is 5.69. The molecule has 0 bridgehead atoms. The van der Waals surface area contributed by atoms with Gasteiger partial charge in [0.1, 0.15) is 0 Å².